The highest BCUT2D eigenvalue weighted by atomic mass is 79.9. The number of benzene rings is 1. The van der Waals surface area contributed by atoms with Gasteiger partial charge in [0.15, 0.2) is 0 Å². The van der Waals surface area contributed by atoms with Crippen LogP contribution < -0.4 is 5.32 Å². The standard InChI is InChI=1S/C15H21BrN2O3/c1-10(2)18(9-8-14(19)20)15(21)17-11(3)12-4-6-13(16)7-5-12/h4-7,10-11H,8-9H2,1-3H3,(H,17,21)(H,19,20). The average Bonchev–Trinajstić information content (AvgIpc) is 2.38. The number of rotatable bonds is 6. The third-order valence-electron chi connectivity index (χ3n) is 3.16. The summed E-state index contributed by atoms with van der Waals surface area (Å²) in [6, 6.07) is 7.27. The van der Waals surface area contributed by atoms with Gasteiger partial charge < -0.3 is 15.3 Å². The van der Waals surface area contributed by atoms with Gasteiger partial charge in [-0.2, -0.15) is 0 Å². The van der Waals surface area contributed by atoms with Crippen LogP contribution in [0.15, 0.2) is 28.7 Å². The Morgan fingerprint density at radius 3 is 2.29 bits per heavy atom. The number of hydrogen-bond acceptors (Lipinski definition) is 2. The molecule has 0 saturated carbocycles. The molecule has 116 valence electrons. The number of halogens is 1. The molecule has 1 atom stereocenters. The molecule has 1 unspecified atom stereocenters. The summed E-state index contributed by atoms with van der Waals surface area (Å²) in [7, 11) is 0. The van der Waals surface area contributed by atoms with Crippen LogP contribution in [0, 0.1) is 0 Å². The predicted octanol–water partition coefficient (Wildman–Crippen LogP) is 3.40. The Morgan fingerprint density at radius 2 is 1.81 bits per heavy atom. The van der Waals surface area contributed by atoms with E-state index in [0.717, 1.165) is 10.0 Å². The maximum Gasteiger partial charge on any atom is 0.318 e. The molecule has 1 aromatic rings. The summed E-state index contributed by atoms with van der Waals surface area (Å²) in [4.78, 5) is 24.5. The van der Waals surface area contributed by atoms with E-state index in [-0.39, 0.29) is 31.1 Å². The number of urea groups is 1. The number of carbonyl (C=O) groups excluding carboxylic acids is 1. The topological polar surface area (TPSA) is 69.6 Å². The molecule has 0 bridgehead atoms. The Balaban J connectivity index is 2.67. The van der Waals surface area contributed by atoms with Gasteiger partial charge in [0.05, 0.1) is 12.5 Å². The maximum atomic E-state index is 12.3. The molecular formula is C15H21BrN2O3. The fourth-order valence-corrected chi connectivity index (χ4v) is 2.18. The molecule has 2 amide bonds. The van der Waals surface area contributed by atoms with Crippen molar-refractivity contribution in [3.63, 3.8) is 0 Å². The van der Waals surface area contributed by atoms with Crippen LogP contribution in [-0.4, -0.2) is 34.6 Å². The Bertz CT molecular complexity index is 488. The monoisotopic (exact) mass is 356 g/mol. The van der Waals surface area contributed by atoms with Gasteiger partial charge >= 0.3 is 12.0 Å². The van der Waals surface area contributed by atoms with Crippen molar-refractivity contribution in [1.29, 1.82) is 0 Å². The van der Waals surface area contributed by atoms with Crippen LogP contribution in [0.3, 0.4) is 0 Å². The zero-order chi connectivity index (χ0) is 16.0. The molecule has 0 spiro atoms. The van der Waals surface area contributed by atoms with Crippen molar-refractivity contribution in [2.75, 3.05) is 6.54 Å². The summed E-state index contributed by atoms with van der Waals surface area (Å²) in [6.45, 7) is 5.83. The number of carboxylic acids is 1. The summed E-state index contributed by atoms with van der Waals surface area (Å²) >= 11 is 3.37. The number of amides is 2. The highest BCUT2D eigenvalue weighted by molar-refractivity contribution is 9.10. The van der Waals surface area contributed by atoms with Gasteiger partial charge in [-0.05, 0) is 38.5 Å². The quantitative estimate of drug-likeness (QED) is 0.820. The molecule has 5 nitrogen and oxygen atoms in total. The first-order valence-corrected chi connectivity index (χ1v) is 7.65. The van der Waals surface area contributed by atoms with Gasteiger partial charge in [-0.3, -0.25) is 4.79 Å². The van der Waals surface area contributed by atoms with Gasteiger partial charge in [0, 0.05) is 17.1 Å². The van der Waals surface area contributed by atoms with E-state index in [4.69, 9.17) is 5.11 Å². The average molecular weight is 357 g/mol. The number of carboxylic acid groups (broad SMARTS) is 1. The van der Waals surface area contributed by atoms with E-state index in [0.29, 0.717) is 0 Å². The lowest BCUT2D eigenvalue weighted by atomic mass is 10.1. The maximum absolute atomic E-state index is 12.3. The number of nitrogens with zero attached hydrogens (tertiary/aromatic N) is 1. The minimum Gasteiger partial charge on any atom is -0.481 e. The van der Waals surface area contributed by atoms with E-state index >= 15 is 0 Å². The van der Waals surface area contributed by atoms with Crippen molar-refractivity contribution in [3.05, 3.63) is 34.3 Å². The molecule has 0 aromatic heterocycles. The summed E-state index contributed by atoms with van der Waals surface area (Å²) in [5.74, 6) is -0.908. The van der Waals surface area contributed by atoms with E-state index in [9.17, 15) is 9.59 Å². The van der Waals surface area contributed by atoms with Crippen molar-refractivity contribution < 1.29 is 14.7 Å². The van der Waals surface area contributed by atoms with E-state index in [2.05, 4.69) is 21.2 Å². The normalized spacial score (nSPS) is 12.0. The fraction of sp³-hybridized carbons (Fsp3) is 0.467. The Hall–Kier alpha value is -1.56. The first-order valence-electron chi connectivity index (χ1n) is 6.85. The lowest BCUT2D eigenvalue weighted by molar-refractivity contribution is -0.137. The molecule has 0 aliphatic carbocycles. The molecule has 0 aliphatic rings. The van der Waals surface area contributed by atoms with Crippen molar-refractivity contribution in [1.82, 2.24) is 10.2 Å². The van der Waals surface area contributed by atoms with Crippen LogP contribution in [0.4, 0.5) is 4.79 Å². The van der Waals surface area contributed by atoms with E-state index in [1.165, 1.54) is 4.90 Å². The smallest absolute Gasteiger partial charge is 0.318 e. The Kier molecular flexibility index (Phi) is 6.68. The number of nitrogens with one attached hydrogen (secondary N) is 1. The van der Waals surface area contributed by atoms with Crippen LogP contribution in [0.25, 0.3) is 0 Å². The van der Waals surface area contributed by atoms with Crippen LogP contribution in [-0.2, 0) is 4.79 Å². The largest absolute Gasteiger partial charge is 0.481 e. The predicted molar refractivity (Wildman–Crippen MR) is 85.2 cm³/mol. The second-order valence-corrected chi connectivity index (χ2v) is 6.07. The number of aliphatic carboxylic acids is 1. The summed E-state index contributed by atoms with van der Waals surface area (Å²) < 4.78 is 0.982. The summed E-state index contributed by atoms with van der Waals surface area (Å²) in [5.41, 5.74) is 0.994. The fourth-order valence-electron chi connectivity index (χ4n) is 1.91. The van der Waals surface area contributed by atoms with Gasteiger partial charge in [-0.15, -0.1) is 0 Å². The number of hydrogen-bond donors (Lipinski definition) is 2. The highest BCUT2D eigenvalue weighted by Crippen LogP contribution is 2.17. The second kappa shape index (κ2) is 8.02. The van der Waals surface area contributed by atoms with Gasteiger partial charge in [-0.25, -0.2) is 4.79 Å². The minimum absolute atomic E-state index is 0.0542. The van der Waals surface area contributed by atoms with Gasteiger partial charge in [0.1, 0.15) is 0 Å². The molecule has 6 heteroatoms. The lowest BCUT2D eigenvalue weighted by Gasteiger charge is -2.28. The molecule has 0 heterocycles. The minimum atomic E-state index is -0.908. The van der Waals surface area contributed by atoms with E-state index < -0.39 is 5.97 Å². The molecule has 0 saturated heterocycles. The molecule has 1 aromatic carbocycles. The molecule has 1 rings (SSSR count). The van der Waals surface area contributed by atoms with Crippen LogP contribution in [0.1, 0.15) is 38.8 Å². The lowest BCUT2D eigenvalue weighted by Crippen LogP contribution is -2.45. The van der Waals surface area contributed by atoms with Gasteiger partial charge in [-0.1, -0.05) is 28.1 Å². The SMILES string of the molecule is CC(NC(=O)N(CCC(=O)O)C(C)C)c1ccc(Br)cc1. The highest BCUT2D eigenvalue weighted by Gasteiger charge is 2.19. The van der Waals surface area contributed by atoms with Crippen molar-refractivity contribution in [2.45, 2.75) is 39.3 Å². The summed E-state index contributed by atoms with van der Waals surface area (Å²) in [5, 5.41) is 11.6. The molecule has 21 heavy (non-hydrogen) atoms. The third-order valence-corrected chi connectivity index (χ3v) is 3.69. The second-order valence-electron chi connectivity index (χ2n) is 5.15. The molecule has 2 N–H and O–H groups in total. The third kappa shape index (κ3) is 5.75. The first-order chi connectivity index (χ1) is 9.81. The number of carbonyl (C=O) groups is 2. The van der Waals surface area contributed by atoms with Gasteiger partial charge in [0.2, 0.25) is 0 Å². The zero-order valence-corrected chi connectivity index (χ0v) is 14.1. The molecule has 0 radical (unpaired) electrons. The van der Waals surface area contributed by atoms with Gasteiger partial charge in [0.25, 0.3) is 0 Å². The molecular weight excluding hydrogens is 336 g/mol. The molecule has 0 aliphatic heterocycles. The van der Waals surface area contributed by atoms with E-state index in [1.54, 1.807) is 0 Å². The van der Waals surface area contributed by atoms with E-state index in [1.807, 2.05) is 45.0 Å². The van der Waals surface area contributed by atoms with Crippen LogP contribution in [0.2, 0.25) is 0 Å². The Morgan fingerprint density at radius 1 is 1.24 bits per heavy atom. The van der Waals surface area contributed by atoms with Crippen LogP contribution in [0.5, 0.6) is 0 Å². The van der Waals surface area contributed by atoms with Crippen molar-refractivity contribution in [3.8, 4) is 0 Å². The molecule has 0 fully saturated rings. The summed E-state index contributed by atoms with van der Waals surface area (Å²) in [6.07, 6.45) is -0.0573. The zero-order valence-electron chi connectivity index (χ0n) is 12.5. The van der Waals surface area contributed by atoms with Crippen molar-refractivity contribution >= 4 is 27.9 Å². The first kappa shape index (κ1) is 17.5. The Labute approximate surface area is 133 Å². The van der Waals surface area contributed by atoms with Crippen molar-refractivity contribution in [2.24, 2.45) is 0 Å². The van der Waals surface area contributed by atoms with Crippen LogP contribution >= 0.6 is 15.9 Å².